The number of rotatable bonds is 4. The zero-order valence-corrected chi connectivity index (χ0v) is 14.1. The van der Waals surface area contributed by atoms with Gasteiger partial charge in [-0.25, -0.2) is 9.37 Å². The minimum Gasteiger partial charge on any atom is -0.337 e. The summed E-state index contributed by atoms with van der Waals surface area (Å²) in [6.07, 6.45) is 2.04. The van der Waals surface area contributed by atoms with Crippen LogP contribution in [0, 0.1) is 12.7 Å². The van der Waals surface area contributed by atoms with E-state index in [1.807, 2.05) is 18.4 Å². The van der Waals surface area contributed by atoms with Gasteiger partial charge in [-0.1, -0.05) is 13.0 Å². The van der Waals surface area contributed by atoms with Crippen LogP contribution in [0.5, 0.6) is 0 Å². The number of aromatic nitrogens is 2. The Labute approximate surface area is 140 Å². The first kappa shape index (κ1) is 16.2. The van der Waals surface area contributed by atoms with Crippen molar-refractivity contribution in [3.8, 4) is 0 Å². The molecule has 0 atom stereocenters. The molecule has 0 saturated heterocycles. The van der Waals surface area contributed by atoms with Crippen LogP contribution in [0.4, 0.5) is 10.2 Å². The summed E-state index contributed by atoms with van der Waals surface area (Å²) in [5, 5.41) is 3.84. The molecular weight excluding hydrogens is 305 g/mol. The number of benzene rings is 1. The number of hydrogen-bond acceptors (Lipinski definition) is 2. The number of hydrogen-bond donors (Lipinski definition) is 1. The highest BCUT2D eigenvalue weighted by molar-refractivity contribution is 6.08. The van der Waals surface area contributed by atoms with E-state index in [4.69, 9.17) is 0 Å². The Balaban J connectivity index is 2.05. The fourth-order valence-electron chi connectivity index (χ4n) is 3.04. The predicted molar refractivity (Wildman–Crippen MR) is 93.9 cm³/mol. The highest BCUT2D eigenvalue weighted by atomic mass is 19.1. The van der Waals surface area contributed by atoms with Gasteiger partial charge in [0.1, 0.15) is 17.3 Å². The fourth-order valence-corrected chi connectivity index (χ4v) is 3.04. The van der Waals surface area contributed by atoms with Gasteiger partial charge in [0, 0.05) is 17.4 Å². The Morgan fingerprint density at radius 1 is 1.25 bits per heavy atom. The highest BCUT2D eigenvalue weighted by Gasteiger charge is 2.20. The van der Waals surface area contributed by atoms with Gasteiger partial charge in [-0.3, -0.25) is 4.79 Å². The second-order valence-corrected chi connectivity index (χ2v) is 5.74. The van der Waals surface area contributed by atoms with Crippen molar-refractivity contribution in [2.75, 3.05) is 5.32 Å². The molecule has 0 spiro atoms. The highest BCUT2D eigenvalue weighted by Crippen LogP contribution is 2.27. The molecule has 1 N–H and O–H groups in total. The lowest BCUT2D eigenvalue weighted by molar-refractivity contribution is 0.101. The van der Waals surface area contributed by atoms with Gasteiger partial charge in [0.15, 0.2) is 0 Å². The zero-order chi connectivity index (χ0) is 17.3. The average Bonchev–Trinajstić information content (AvgIpc) is 2.88. The van der Waals surface area contributed by atoms with Gasteiger partial charge in [-0.2, -0.15) is 0 Å². The van der Waals surface area contributed by atoms with Crippen molar-refractivity contribution < 1.29 is 9.18 Å². The standard InChI is InChI=1S/C19H20FN3O/c1-4-13-6-8-16-15(10-13)12(3)18(23(16)5-2)19(24)22-17-9-7-14(20)11-21-17/h6-11H,4-5H2,1-3H3,(H,21,22,24). The van der Waals surface area contributed by atoms with Crippen LogP contribution in [-0.4, -0.2) is 15.5 Å². The van der Waals surface area contributed by atoms with Crippen molar-refractivity contribution in [3.05, 3.63) is 59.2 Å². The molecule has 1 amide bonds. The number of aryl methyl sites for hydroxylation is 3. The van der Waals surface area contributed by atoms with Gasteiger partial charge in [-0.05, 0) is 55.7 Å². The van der Waals surface area contributed by atoms with Gasteiger partial charge < -0.3 is 9.88 Å². The molecule has 124 valence electrons. The first-order valence-electron chi connectivity index (χ1n) is 8.09. The van der Waals surface area contributed by atoms with Gasteiger partial charge in [-0.15, -0.1) is 0 Å². The molecule has 0 unspecified atom stereocenters. The quantitative estimate of drug-likeness (QED) is 0.776. The molecule has 0 aliphatic heterocycles. The first-order valence-corrected chi connectivity index (χ1v) is 8.09. The van der Waals surface area contributed by atoms with Crippen molar-refractivity contribution >= 4 is 22.6 Å². The molecule has 0 saturated carbocycles. The first-order chi connectivity index (χ1) is 11.5. The van der Waals surface area contributed by atoms with E-state index < -0.39 is 5.82 Å². The van der Waals surface area contributed by atoms with Crippen molar-refractivity contribution in [3.63, 3.8) is 0 Å². The van der Waals surface area contributed by atoms with Gasteiger partial charge in [0.25, 0.3) is 5.91 Å². The van der Waals surface area contributed by atoms with Crippen molar-refractivity contribution in [1.82, 2.24) is 9.55 Å². The minimum absolute atomic E-state index is 0.234. The number of carbonyl (C=O) groups excluding carboxylic acids is 1. The molecule has 5 heteroatoms. The lowest BCUT2D eigenvalue weighted by atomic mass is 10.1. The summed E-state index contributed by atoms with van der Waals surface area (Å²) in [6.45, 7) is 6.77. The normalized spacial score (nSPS) is 11.0. The third-order valence-corrected chi connectivity index (χ3v) is 4.29. The molecule has 0 radical (unpaired) electrons. The summed E-state index contributed by atoms with van der Waals surface area (Å²) >= 11 is 0. The largest absolute Gasteiger partial charge is 0.337 e. The third-order valence-electron chi connectivity index (χ3n) is 4.29. The Bertz CT molecular complexity index is 897. The summed E-state index contributed by atoms with van der Waals surface area (Å²) in [4.78, 5) is 16.7. The maximum absolute atomic E-state index is 13.0. The number of halogens is 1. The zero-order valence-electron chi connectivity index (χ0n) is 14.1. The maximum Gasteiger partial charge on any atom is 0.273 e. The second-order valence-electron chi connectivity index (χ2n) is 5.74. The van der Waals surface area contributed by atoms with E-state index in [1.165, 1.54) is 17.7 Å². The number of nitrogens with zero attached hydrogens (tertiary/aromatic N) is 2. The Morgan fingerprint density at radius 3 is 2.67 bits per heavy atom. The van der Waals surface area contributed by atoms with Crippen LogP contribution in [0.3, 0.4) is 0 Å². The molecule has 4 nitrogen and oxygen atoms in total. The van der Waals surface area contributed by atoms with Gasteiger partial charge >= 0.3 is 0 Å². The van der Waals surface area contributed by atoms with E-state index in [1.54, 1.807) is 0 Å². The van der Waals surface area contributed by atoms with Gasteiger partial charge in [0.05, 0.1) is 6.20 Å². The third kappa shape index (κ3) is 2.77. The van der Waals surface area contributed by atoms with Crippen LogP contribution >= 0.6 is 0 Å². The number of pyridine rings is 1. The van der Waals surface area contributed by atoms with Crippen molar-refractivity contribution in [1.29, 1.82) is 0 Å². The number of amides is 1. The van der Waals surface area contributed by atoms with Crippen LogP contribution in [-0.2, 0) is 13.0 Å². The summed E-state index contributed by atoms with van der Waals surface area (Å²) in [5.41, 5.74) is 3.85. The number of anilines is 1. The Morgan fingerprint density at radius 2 is 2.04 bits per heavy atom. The molecule has 24 heavy (non-hydrogen) atoms. The van der Waals surface area contributed by atoms with Crippen LogP contribution < -0.4 is 5.32 Å². The monoisotopic (exact) mass is 325 g/mol. The molecule has 2 heterocycles. The van der Waals surface area contributed by atoms with Crippen molar-refractivity contribution in [2.24, 2.45) is 0 Å². The lowest BCUT2D eigenvalue weighted by Crippen LogP contribution is -2.18. The van der Waals surface area contributed by atoms with E-state index >= 15 is 0 Å². The molecule has 0 fully saturated rings. The summed E-state index contributed by atoms with van der Waals surface area (Å²) in [5.74, 6) is -0.329. The Kier molecular flexibility index (Phi) is 4.34. The van der Waals surface area contributed by atoms with E-state index in [0.717, 1.165) is 29.1 Å². The number of fused-ring (bicyclic) bond motifs is 1. The van der Waals surface area contributed by atoms with Gasteiger partial charge in [0.2, 0.25) is 0 Å². The van der Waals surface area contributed by atoms with Crippen LogP contribution in [0.1, 0.15) is 35.5 Å². The Hall–Kier alpha value is -2.69. The summed E-state index contributed by atoms with van der Waals surface area (Å²) < 4.78 is 15.0. The molecule has 0 aliphatic rings. The van der Waals surface area contributed by atoms with Crippen LogP contribution in [0.15, 0.2) is 36.5 Å². The SMILES string of the molecule is CCc1ccc2c(c1)c(C)c(C(=O)Nc1ccc(F)cn1)n2CC. The summed E-state index contributed by atoms with van der Waals surface area (Å²) in [6, 6.07) is 9.04. The molecule has 0 bridgehead atoms. The smallest absolute Gasteiger partial charge is 0.273 e. The van der Waals surface area contributed by atoms with E-state index in [9.17, 15) is 9.18 Å². The summed E-state index contributed by atoms with van der Waals surface area (Å²) in [7, 11) is 0. The number of nitrogens with one attached hydrogen (secondary N) is 1. The molecule has 0 aliphatic carbocycles. The molecule has 3 rings (SSSR count). The number of carbonyl (C=O) groups is 1. The van der Waals surface area contributed by atoms with E-state index in [0.29, 0.717) is 18.1 Å². The fraction of sp³-hybridized carbons (Fsp3) is 0.263. The predicted octanol–water partition coefficient (Wildman–Crippen LogP) is 4.32. The average molecular weight is 325 g/mol. The lowest BCUT2D eigenvalue weighted by Gasteiger charge is -2.09. The molecule has 2 aromatic heterocycles. The van der Waals surface area contributed by atoms with Crippen LogP contribution in [0.25, 0.3) is 10.9 Å². The van der Waals surface area contributed by atoms with Crippen LogP contribution in [0.2, 0.25) is 0 Å². The minimum atomic E-state index is -0.432. The van der Waals surface area contributed by atoms with E-state index in [-0.39, 0.29) is 5.91 Å². The topological polar surface area (TPSA) is 46.9 Å². The molecule has 3 aromatic rings. The molecular formula is C19H20FN3O. The second kappa shape index (κ2) is 6.43. The maximum atomic E-state index is 13.0. The van der Waals surface area contributed by atoms with Crippen molar-refractivity contribution in [2.45, 2.75) is 33.7 Å². The van der Waals surface area contributed by atoms with E-state index in [2.05, 4.69) is 35.4 Å². The molecule has 1 aromatic carbocycles.